The van der Waals surface area contributed by atoms with Crippen molar-refractivity contribution in [2.24, 2.45) is 5.92 Å². The van der Waals surface area contributed by atoms with Gasteiger partial charge in [0.1, 0.15) is 0 Å². The summed E-state index contributed by atoms with van der Waals surface area (Å²) in [6, 6.07) is 0. The quantitative estimate of drug-likeness (QED) is 0.390. The van der Waals surface area contributed by atoms with Crippen molar-refractivity contribution in [3.8, 4) is 0 Å². The van der Waals surface area contributed by atoms with E-state index in [1.54, 1.807) is 0 Å². The zero-order chi connectivity index (χ0) is 9.56. The van der Waals surface area contributed by atoms with Crippen LogP contribution in [0.1, 0.15) is 20.7 Å². The van der Waals surface area contributed by atoms with E-state index in [1.165, 1.54) is 6.08 Å². The van der Waals surface area contributed by atoms with Gasteiger partial charge < -0.3 is 11.6 Å². The van der Waals surface area contributed by atoms with Gasteiger partial charge in [-0.2, -0.15) is 0 Å². The topological polar surface area (TPSA) is 74.6 Å². The summed E-state index contributed by atoms with van der Waals surface area (Å²) in [4.78, 5) is 20.6. The van der Waals surface area contributed by atoms with Crippen molar-refractivity contribution in [3.05, 3.63) is 12.7 Å². The maximum atomic E-state index is 10.5. The number of hydrogen-bond donors (Lipinski definition) is 2. The van der Waals surface area contributed by atoms with E-state index in [-0.39, 0.29) is 43.8 Å². The third-order valence-corrected chi connectivity index (χ3v) is 1.51. The van der Waals surface area contributed by atoms with Crippen molar-refractivity contribution in [1.82, 2.24) is 0 Å². The molecule has 0 fully saturated rings. The number of aliphatic carboxylic acids is 2. The zero-order valence-electron chi connectivity index (χ0n) is 8.69. The van der Waals surface area contributed by atoms with Crippen LogP contribution in [0.4, 0.5) is 0 Å². The first-order valence-electron chi connectivity index (χ1n) is 3.63. The molecule has 0 aliphatic rings. The van der Waals surface area contributed by atoms with E-state index in [0.717, 1.165) is 0 Å². The molecule has 0 aromatic carbocycles. The van der Waals surface area contributed by atoms with Gasteiger partial charge in [-0.25, -0.2) is 0 Å². The monoisotopic (exact) mass is 196 g/mol. The SMILES string of the molecule is C=CCC(CCC(=O)O)C(=O)O.[H-].[Na+]. The average molecular weight is 196 g/mol. The number of carbonyl (C=O) groups is 2. The van der Waals surface area contributed by atoms with Gasteiger partial charge in [0.05, 0.1) is 5.92 Å². The Morgan fingerprint density at radius 2 is 2.00 bits per heavy atom. The van der Waals surface area contributed by atoms with Gasteiger partial charge in [-0.05, 0) is 12.8 Å². The van der Waals surface area contributed by atoms with Gasteiger partial charge in [0.25, 0.3) is 0 Å². The van der Waals surface area contributed by atoms with E-state index >= 15 is 0 Å². The molecule has 4 nitrogen and oxygen atoms in total. The number of carboxylic acid groups (broad SMARTS) is 2. The largest absolute Gasteiger partial charge is 1.00 e. The minimum Gasteiger partial charge on any atom is -1.00 e. The van der Waals surface area contributed by atoms with Crippen molar-refractivity contribution < 1.29 is 50.8 Å². The summed E-state index contributed by atoms with van der Waals surface area (Å²) in [6.07, 6.45) is 1.87. The molecule has 0 rings (SSSR count). The van der Waals surface area contributed by atoms with E-state index in [1.807, 2.05) is 0 Å². The maximum Gasteiger partial charge on any atom is 1.00 e. The van der Waals surface area contributed by atoms with Gasteiger partial charge in [0, 0.05) is 6.42 Å². The third-order valence-electron chi connectivity index (χ3n) is 1.51. The summed E-state index contributed by atoms with van der Waals surface area (Å²) in [6.45, 7) is 3.40. The molecule has 0 aliphatic heterocycles. The second kappa shape index (κ2) is 8.29. The van der Waals surface area contributed by atoms with E-state index in [4.69, 9.17) is 10.2 Å². The van der Waals surface area contributed by atoms with Gasteiger partial charge in [-0.1, -0.05) is 6.08 Å². The van der Waals surface area contributed by atoms with Crippen molar-refractivity contribution in [1.29, 1.82) is 0 Å². The Morgan fingerprint density at radius 3 is 2.31 bits per heavy atom. The molecule has 0 bridgehead atoms. The Bertz CT molecular complexity index is 196. The zero-order valence-corrected chi connectivity index (χ0v) is 9.69. The predicted molar refractivity (Wildman–Crippen MR) is 43.9 cm³/mol. The molecule has 0 aliphatic carbocycles. The minimum absolute atomic E-state index is 0. The van der Waals surface area contributed by atoms with Crippen LogP contribution in [0.15, 0.2) is 12.7 Å². The van der Waals surface area contributed by atoms with Crippen LogP contribution in [0.25, 0.3) is 0 Å². The Balaban J connectivity index is -0.000000605. The summed E-state index contributed by atoms with van der Waals surface area (Å²) in [5.41, 5.74) is 0. The Hall–Kier alpha value is -0.320. The molecule has 0 aromatic heterocycles. The van der Waals surface area contributed by atoms with Crippen LogP contribution in [0.3, 0.4) is 0 Å². The molecule has 70 valence electrons. The molecular formula is C8H13NaO4. The first-order chi connectivity index (χ1) is 5.57. The summed E-state index contributed by atoms with van der Waals surface area (Å²) < 4.78 is 0. The molecule has 0 spiro atoms. The van der Waals surface area contributed by atoms with Crippen LogP contribution < -0.4 is 29.6 Å². The summed E-state index contributed by atoms with van der Waals surface area (Å²) in [7, 11) is 0. The number of allylic oxidation sites excluding steroid dienone is 1. The van der Waals surface area contributed by atoms with Crippen molar-refractivity contribution in [3.63, 3.8) is 0 Å². The van der Waals surface area contributed by atoms with Crippen LogP contribution >= 0.6 is 0 Å². The molecule has 0 radical (unpaired) electrons. The van der Waals surface area contributed by atoms with Crippen molar-refractivity contribution >= 4 is 11.9 Å². The first-order valence-corrected chi connectivity index (χ1v) is 3.63. The van der Waals surface area contributed by atoms with Crippen LogP contribution in [0, 0.1) is 5.92 Å². The molecule has 2 N–H and O–H groups in total. The van der Waals surface area contributed by atoms with Crippen LogP contribution in [-0.4, -0.2) is 22.2 Å². The van der Waals surface area contributed by atoms with E-state index in [9.17, 15) is 9.59 Å². The van der Waals surface area contributed by atoms with Crippen molar-refractivity contribution in [2.45, 2.75) is 19.3 Å². The fraction of sp³-hybridized carbons (Fsp3) is 0.500. The number of rotatable bonds is 6. The van der Waals surface area contributed by atoms with E-state index in [2.05, 4.69) is 6.58 Å². The fourth-order valence-corrected chi connectivity index (χ4v) is 0.841. The Labute approximate surface area is 100 Å². The Morgan fingerprint density at radius 1 is 1.46 bits per heavy atom. The van der Waals surface area contributed by atoms with Crippen molar-refractivity contribution in [2.75, 3.05) is 0 Å². The number of hydrogen-bond acceptors (Lipinski definition) is 2. The van der Waals surface area contributed by atoms with Gasteiger partial charge >= 0.3 is 41.5 Å². The van der Waals surface area contributed by atoms with E-state index in [0.29, 0.717) is 6.42 Å². The first kappa shape index (κ1) is 15.2. The fourth-order valence-electron chi connectivity index (χ4n) is 0.841. The van der Waals surface area contributed by atoms with Crippen LogP contribution in [0.2, 0.25) is 0 Å². The van der Waals surface area contributed by atoms with Gasteiger partial charge in [0.2, 0.25) is 0 Å². The second-order valence-corrected chi connectivity index (χ2v) is 2.49. The molecule has 0 amide bonds. The van der Waals surface area contributed by atoms with Gasteiger partial charge in [-0.3, -0.25) is 9.59 Å². The molecule has 1 unspecified atom stereocenters. The van der Waals surface area contributed by atoms with Gasteiger partial charge in [0.15, 0.2) is 0 Å². The molecule has 0 saturated heterocycles. The Kier molecular flexibility index (Phi) is 9.67. The molecule has 13 heavy (non-hydrogen) atoms. The average Bonchev–Trinajstić information content (AvgIpc) is 1.96. The summed E-state index contributed by atoms with van der Waals surface area (Å²) in [5.74, 6) is -2.54. The predicted octanol–water partition coefficient (Wildman–Crippen LogP) is -1.76. The smallest absolute Gasteiger partial charge is 1.00 e. The molecule has 0 heterocycles. The van der Waals surface area contributed by atoms with E-state index < -0.39 is 17.9 Å². The standard InChI is InChI=1S/C8H12O4.Na.H/c1-2-3-6(8(11)12)4-5-7(9)10;;/h2,6H,1,3-5H2,(H,9,10)(H,11,12);;/q;+1;-1. The number of carboxylic acids is 2. The maximum absolute atomic E-state index is 10.5. The van der Waals surface area contributed by atoms with Crippen LogP contribution in [0.5, 0.6) is 0 Å². The molecule has 5 heteroatoms. The third kappa shape index (κ3) is 8.02. The second-order valence-electron chi connectivity index (χ2n) is 2.49. The minimum atomic E-state index is -0.967. The van der Waals surface area contributed by atoms with Gasteiger partial charge in [-0.15, -0.1) is 6.58 Å². The molecule has 0 aromatic rings. The summed E-state index contributed by atoms with van der Waals surface area (Å²) in [5, 5.41) is 16.9. The normalized spacial score (nSPS) is 11.1. The molecule has 0 saturated carbocycles. The van der Waals surface area contributed by atoms with Crippen LogP contribution in [-0.2, 0) is 9.59 Å². The summed E-state index contributed by atoms with van der Waals surface area (Å²) >= 11 is 0. The molecular weight excluding hydrogens is 183 g/mol. The molecule has 1 atom stereocenters.